The molecular formula is C13H14FN3OS. The van der Waals surface area contributed by atoms with Crippen molar-refractivity contribution in [1.29, 1.82) is 0 Å². The highest BCUT2D eigenvalue weighted by Crippen LogP contribution is 2.29. The second kappa shape index (κ2) is 6.38. The fourth-order valence-corrected chi connectivity index (χ4v) is 2.20. The van der Waals surface area contributed by atoms with Crippen molar-refractivity contribution in [1.82, 2.24) is 9.97 Å². The molecule has 0 radical (unpaired) electrons. The number of halogens is 1. The minimum Gasteiger partial charge on any atom is -0.497 e. The second-order valence-electron chi connectivity index (χ2n) is 3.65. The van der Waals surface area contributed by atoms with Gasteiger partial charge in [0, 0.05) is 11.4 Å². The third-order valence-corrected chi connectivity index (χ3v) is 3.31. The van der Waals surface area contributed by atoms with Crippen molar-refractivity contribution in [2.24, 2.45) is 0 Å². The van der Waals surface area contributed by atoms with E-state index in [1.165, 1.54) is 18.0 Å². The number of rotatable bonds is 5. The predicted octanol–water partition coefficient (Wildman–Crippen LogP) is 3.21. The highest BCUT2D eigenvalue weighted by molar-refractivity contribution is 7.99. The van der Waals surface area contributed by atoms with Crippen molar-refractivity contribution in [3.63, 3.8) is 0 Å². The van der Waals surface area contributed by atoms with Gasteiger partial charge in [-0.25, -0.2) is 14.4 Å². The van der Waals surface area contributed by atoms with Crippen LogP contribution >= 0.6 is 11.8 Å². The first-order valence-corrected chi connectivity index (χ1v) is 6.63. The van der Waals surface area contributed by atoms with Crippen molar-refractivity contribution in [3.8, 4) is 5.75 Å². The summed E-state index contributed by atoms with van der Waals surface area (Å²) in [6.45, 7) is 2.63. The van der Waals surface area contributed by atoms with Gasteiger partial charge < -0.3 is 10.1 Å². The van der Waals surface area contributed by atoms with Gasteiger partial charge in [0.15, 0.2) is 5.82 Å². The number of nitrogens with zero attached hydrogens (tertiary/aromatic N) is 2. The number of ether oxygens (including phenoxy) is 1. The number of anilines is 1. The molecule has 0 saturated heterocycles. The molecule has 0 bridgehead atoms. The molecule has 2 aromatic rings. The van der Waals surface area contributed by atoms with Gasteiger partial charge in [0.2, 0.25) is 5.95 Å². The molecule has 2 rings (SSSR count). The van der Waals surface area contributed by atoms with Gasteiger partial charge in [-0.1, -0.05) is 11.8 Å². The minimum atomic E-state index is -0.428. The number of nitrogens with one attached hydrogen (secondary N) is 1. The number of benzene rings is 1. The molecule has 1 aromatic heterocycles. The van der Waals surface area contributed by atoms with Crippen LogP contribution in [0.15, 0.2) is 40.4 Å². The fourth-order valence-electron chi connectivity index (χ4n) is 1.42. The van der Waals surface area contributed by atoms with E-state index in [1.807, 2.05) is 31.2 Å². The van der Waals surface area contributed by atoms with Crippen LogP contribution in [0.25, 0.3) is 0 Å². The zero-order chi connectivity index (χ0) is 13.7. The Bertz CT molecular complexity index is 548. The van der Waals surface area contributed by atoms with E-state index >= 15 is 0 Å². The summed E-state index contributed by atoms with van der Waals surface area (Å²) in [7, 11) is 1.61. The van der Waals surface area contributed by atoms with Crippen molar-refractivity contribution >= 4 is 17.7 Å². The first kappa shape index (κ1) is 13.6. The summed E-state index contributed by atoms with van der Waals surface area (Å²) in [6, 6.07) is 7.37. The largest absolute Gasteiger partial charge is 0.497 e. The molecule has 0 unspecified atom stereocenters. The van der Waals surface area contributed by atoms with Crippen LogP contribution in [0.5, 0.6) is 5.75 Å². The Morgan fingerprint density at radius 3 is 2.68 bits per heavy atom. The van der Waals surface area contributed by atoms with Crippen LogP contribution in [0.4, 0.5) is 10.3 Å². The zero-order valence-corrected chi connectivity index (χ0v) is 11.5. The van der Waals surface area contributed by atoms with E-state index in [0.717, 1.165) is 10.6 Å². The summed E-state index contributed by atoms with van der Waals surface area (Å²) in [5, 5.41) is 3.26. The van der Waals surface area contributed by atoms with Crippen LogP contribution in [0, 0.1) is 5.82 Å². The molecule has 0 amide bonds. The molecule has 6 heteroatoms. The van der Waals surface area contributed by atoms with E-state index in [1.54, 1.807) is 7.11 Å². The Morgan fingerprint density at radius 2 is 2.05 bits per heavy atom. The molecule has 0 atom stereocenters. The molecule has 0 aliphatic rings. The van der Waals surface area contributed by atoms with E-state index in [9.17, 15) is 4.39 Å². The third-order valence-electron chi connectivity index (χ3n) is 2.32. The Labute approximate surface area is 115 Å². The Morgan fingerprint density at radius 1 is 1.32 bits per heavy atom. The Balaban J connectivity index is 2.18. The van der Waals surface area contributed by atoms with E-state index < -0.39 is 5.82 Å². The second-order valence-corrected chi connectivity index (χ2v) is 4.72. The van der Waals surface area contributed by atoms with Gasteiger partial charge in [-0.3, -0.25) is 0 Å². The van der Waals surface area contributed by atoms with Crippen LogP contribution in [0.3, 0.4) is 0 Å². The lowest BCUT2D eigenvalue weighted by atomic mass is 10.3. The Hall–Kier alpha value is -1.82. The molecule has 1 heterocycles. The normalized spacial score (nSPS) is 10.3. The summed E-state index contributed by atoms with van der Waals surface area (Å²) in [5.74, 6) is 0.767. The molecule has 0 aliphatic heterocycles. The van der Waals surface area contributed by atoms with Crippen molar-refractivity contribution in [2.75, 3.05) is 19.0 Å². The maximum absolute atomic E-state index is 13.6. The zero-order valence-electron chi connectivity index (χ0n) is 10.7. The average molecular weight is 279 g/mol. The number of methoxy groups -OCH3 is 1. The molecule has 0 fully saturated rings. The van der Waals surface area contributed by atoms with Gasteiger partial charge in [-0.2, -0.15) is 0 Å². The SMILES string of the molecule is CCNc1ncc(F)c(Sc2ccc(OC)cc2)n1. The van der Waals surface area contributed by atoms with E-state index in [2.05, 4.69) is 15.3 Å². The minimum absolute atomic E-state index is 0.302. The number of hydrogen-bond donors (Lipinski definition) is 1. The molecule has 1 aromatic carbocycles. The van der Waals surface area contributed by atoms with Crippen molar-refractivity contribution in [2.45, 2.75) is 16.8 Å². The topological polar surface area (TPSA) is 47.0 Å². The number of hydrogen-bond acceptors (Lipinski definition) is 5. The first-order valence-electron chi connectivity index (χ1n) is 5.81. The molecule has 4 nitrogen and oxygen atoms in total. The molecular weight excluding hydrogens is 265 g/mol. The summed E-state index contributed by atoms with van der Waals surface area (Å²) < 4.78 is 18.7. The fraction of sp³-hybridized carbons (Fsp3) is 0.231. The van der Waals surface area contributed by atoms with Gasteiger partial charge in [-0.15, -0.1) is 0 Å². The van der Waals surface area contributed by atoms with Crippen LogP contribution < -0.4 is 10.1 Å². The van der Waals surface area contributed by atoms with Crippen LogP contribution in [0.2, 0.25) is 0 Å². The predicted molar refractivity (Wildman–Crippen MR) is 73.3 cm³/mol. The first-order chi connectivity index (χ1) is 9.22. The van der Waals surface area contributed by atoms with Gasteiger partial charge >= 0.3 is 0 Å². The summed E-state index contributed by atoms with van der Waals surface area (Å²) >= 11 is 1.25. The third kappa shape index (κ3) is 3.57. The highest BCUT2D eigenvalue weighted by atomic mass is 32.2. The maximum Gasteiger partial charge on any atom is 0.223 e. The van der Waals surface area contributed by atoms with Crippen LogP contribution in [-0.2, 0) is 0 Å². The highest BCUT2D eigenvalue weighted by Gasteiger charge is 2.08. The molecule has 1 N–H and O–H groups in total. The molecule has 0 saturated carbocycles. The smallest absolute Gasteiger partial charge is 0.223 e. The van der Waals surface area contributed by atoms with E-state index in [-0.39, 0.29) is 0 Å². The summed E-state index contributed by atoms with van der Waals surface area (Å²) in [5.41, 5.74) is 0. The summed E-state index contributed by atoms with van der Waals surface area (Å²) in [4.78, 5) is 8.89. The lowest BCUT2D eigenvalue weighted by Crippen LogP contribution is -2.03. The van der Waals surface area contributed by atoms with Gasteiger partial charge in [-0.05, 0) is 31.2 Å². The standard InChI is InChI=1S/C13H14FN3OS/c1-3-15-13-16-8-11(14)12(17-13)19-10-6-4-9(18-2)5-7-10/h4-8H,3H2,1-2H3,(H,15,16,17). The quantitative estimate of drug-likeness (QED) is 0.852. The van der Waals surface area contributed by atoms with Crippen molar-refractivity contribution in [3.05, 3.63) is 36.3 Å². The Kier molecular flexibility index (Phi) is 4.57. The van der Waals surface area contributed by atoms with Crippen LogP contribution in [-0.4, -0.2) is 23.6 Å². The monoisotopic (exact) mass is 279 g/mol. The lowest BCUT2D eigenvalue weighted by molar-refractivity contribution is 0.414. The van der Waals surface area contributed by atoms with Crippen molar-refractivity contribution < 1.29 is 9.13 Å². The molecule has 0 aliphatic carbocycles. The maximum atomic E-state index is 13.6. The van der Waals surface area contributed by atoms with Gasteiger partial charge in [0.05, 0.1) is 13.3 Å². The van der Waals surface area contributed by atoms with Gasteiger partial charge in [0.1, 0.15) is 10.8 Å². The van der Waals surface area contributed by atoms with E-state index in [4.69, 9.17) is 4.74 Å². The van der Waals surface area contributed by atoms with Crippen LogP contribution in [0.1, 0.15) is 6.92 Å². The number of aromatic nitrogens is 2. The van der Waals surface area contributed by atoms with Gasteiger partial charge in [0.25, 0.3) is 0 Å². The average Bonchev–Trinajstić information content (AvgIpc) is 2.44. The molecule has 0 spiro atoms. The molecule has 100 valence electrons. The lowest BCUT2D eigenvalue weighted by Gasteiger charge is -2.06. The van der Waals surface area contributed by atoms with E-state index in [0.29, 0.717) is 17.5 Å². The summed E-state index contributed by atoms with van der Waals surface area (Å²) in [6.07, 6.45) is 1.18. The molecule has 19 heavy (non-hydrogen) atoms.